The molecule has 0 rings (SSSR count). The molecule has 1 amide bonds. The Hall–Kier alpha value is -0.460. The standard InChI is InChI=1S/C21H44NO6P/c1-4-5-6-7-8-9-10-11-12-13-14-15-16-17-21(24)20(22-19(2)23)18-28-29(25,26)27-3/h20-21,24H,4-18H2,1-3H3,(H,22,23)(H,25,26)/t20-,21+/m0/s1. The molecule has 0 bridgehead atoms. The average Bonchev–Trinajstić information content (AvgIpc) is 2.68. The van der Waals surface area contributed by atoms with Gasteiger partial charge in [-0.25, -0.2) is 4.57 Å². The van der Waals surface area contributed by atoms with Crippen LogP contribution in [0.25, 0.3) is 0 Å². The minimum Gasteiger partial charge on any atom is -0.391 e. The van der Waals surface area contributed by atoms with Gasteiger partial charge in [-0.3, -0.25) is 13.8 Å². The van der Waals surface area contributed by atoms with Crippen molar-refractivity contribution in [2.45, 2.75) is 116 Å². The van der Waals surface area contributed by atoms with Gasteiger partial charge in [0.05, 0.1) is 18.8 Å². The number of nitrogens with one attached hydrogen (secondary N) is 1. The van der Waals surface area contributed by atoms with Gasteiger partial charge >= 0.3 is 7.82 Å². The third-order valence-corrected chi connectivity index (χ3v) is 6.04. The summed E-state index contributed by atoms with van der Waals surface area (Å²) in [5.74, 6) is -0.326. The van der Waals surface area contributed by atoms with Gasteiger partial charge in [-0.2, -0.15) is 0 Å². The molecule has 0 aliphatic carbocycles. The van der Waals surface area contributed by atoms with Crippen molar-refractivity contribution < 1.29 is 28.4 Å². The summed E-state index contributed by atoms with van der Waals surface area (Å²) in [6.45, 7) is 3.30. The van der Waals surface area contributed by atoms with E-state index in [4.69, 9.17) is 4.52 Å². The van der Waals surface area contributed by atoms with E-state index >= 15 is 0 Å². The molecule has 0 radical (unpaired) electrons. The van der Waals surface area contributed by atoms with E-state index in [2.05, 4.69) is 16.8 Å². The number of carbonyl (C=O) groups is 1. The third-order valence-electron chi connectivity index (χ3n) is 5.10. The highest BCUT2D eigenvalue weighted by Gasteiger charge is 2.26. The zero-order valence-electron chi connectivity index (χ0n) is 18.7. The van der Waals surface area contributed by atoms with E-state index in [1.807, 2.05) is 0 Å². The van der Waals surface area contributed by atoms with E-state index in [1.54, 1.807) is 0 Å². The molecule has 0 aromatic heterocycles. The normalized spacial score (nSPS) is 15.6. The Balaban J connectivity index is 3.78. The molecule has 0 fully saturated rings. The first kappa shape index (κ1) is 28.5. The summed E-state index contributed by atoms with van der Waals surface area (Å²) in [6.07, 6.45) is 15.9. The van der Waals surface area contributed by atoms with Crippen LogP contribution in [0.2, 0.25) is 0 Å². The Morgan fingerprint density at radius 3 is 1.79 bits per heavy atom. The van der Waals surface area contributed by atoms with Gasteiger partial charge in [0, 0.05) is 14.0 Å². The van der Waals surface area contributed by atoms with Crippen LogP contribution < -0.4 is 5.32 Å². The van der Waals surface area contributed by atoms with Crippen LogP contribution in [0, 0.1) is 0 Å². The minimum absolute atomic E-state index is 0.277. The SMILES string of the molecule is CCCCCCCCCCCCCCC[C@@H](O)[C@H](COP(=O)(O)OC)NC(C)=O. The monoisotopic (exact) mass is 437 g/mol. The van der Waals surface area contributed by atoms with E-state index in [9.17, 15) is 19.4 Å². The predicted molar refractivity (Wildman–Crippen MR) is 117 cm³/mol. The van der Waals surface area contributed by atoms with Crippen molar-refractivity contribution in [2.24, 2.45) is 0 Å². The number of aliphatic hydroxyl groups excluding tert-OH is 1. The molecule has 3 N–H and O–H groups in total. The van der Waals surface area contributed by atoms with Crippen LogP contribution in [0.4, 0.5) is 0 Å². The van der Waals surface area contributed by atoms with Crippen LogP contribution in [0.1, 0.15) is 104 Å². The van der Waals surface area contributed by atoms with Gasteiger partial charge in [-0.1, -0.05) is 90.4 Å². The van der Waals surface area contributed by atoms with Crippen LogP contribution in [0.5, 0.6) is 0 Å². The summed E-state index contributed by atoms with van der Waals surface area (Å²) >= 11 is 0. The fourth-order valence-electron chi connectivity index (χ4n) is 3.31. The molecule has 0 heterocycles. The molecule has 1 unspecified atom stereocenters. The lowest BCUT2D eigenvalue weighted by Gasteiger charge is -2.24. The molecule has 0 spiro atoms. The Kier molecular flexibility index (Phi) is 18.0. The molecule has 8 heteroatoms. The van der Waals surface area contributed by atoms with Gasteiger partial charge in [-0.15, -0.1) is 0 Å². The van der Waals surface area contributed by atoms with Gasteiger partial charge < -0.3 is 15.3 Å². The number of phosphoric ester groups is 1. The molecule has 3 atom stereocenters. The summed E-state index contributed by atoms with van der Waals surface area (Å²) in [7, 11) is -3.07. The molecule has 0 aliphatic heterocycles. The Morgan fingerprint density at radius 1 is 0.931 bits per heavy atom. The van der Waals surface area contributed by atoms with Gasteiger partial charge in [0.1, 0.15) is 0 Å². The second kappa shape index (κ2) is 18.3. The maximum Gasteiger partial charge on any atom is 0.471 e. The minimum atomic E-state index is -4.13. The highest BCUT2D eigenvalue weighted by molar-refractivity contribution is 7.47. The van der Waals surface area contributed by atoms with Crippen LogP contribution in [-0.2, 0) is 18.4 Å². The summed E-state index contributed by atoms with van der Waals surface area (Å²) < 4.78 is 20.5. The lowest BCUT2D eigenvalue weighted by atomic mass is 10.0. The van der Waals surface area contributed by atoms with Gasteiger partial charge in [0.25, 0.3) is 0 Å². The fourth-order valence-corrected chi connectivity index (χ4v) is 3.76. The first-order valence-electron chi connectivity index (χ1n) is 11.3. The number of aliphatic hydroxyl groups is 1. The lowest BCUT2D eigenvalue weighted by Crippen LogP contribution is -2.45. The highest BCUT2D eigenvalue weighted by Crippen LogP contribution is 2.42. The summed E-state index contributed by atoms with van der Waals surface area (Å²) in [5, 5.41) is 12.9. The highest BCUT2D eigenvalue weighted by atomic mass is 31.2. The van der Waals surface area contributed by atoms with E-state index in [1.165, 1.54) is 71.1 Å². The zero-order chi connectivity index (χ0) is 22.0. The van der Waals surface area contributed by atoms with Crippen molar-refractivity contribution in [1.82, 2.24) is 5.32 Å². The second-order valence-electron chi connectivity index (χ2n) is 7.85. The van der Waals surface area contributed by atoms with Gasteiger partial charge in [0.2, 0.25) is 5.91 Å². The molecular weight excluding hydrogens is 393 g/mol. The maximum absolute atomic E-state index is 11.4. The van der Waals surface area contributed by atoms with Crippen LogP contribution in [0.15, 0.2) is 0 Å². The number of amides is 1. The van der Waals surface area contributed by atoms with E-state index in [0.717, 1.165) is 26.4 Å². The Labute approximate surface area is 177 Å². The van der Waals surface area contributed by atoms with Crippen molar-refractivity contribution in [1.29, 1.82) is 0 Å². The van der Waals surface area contributed by atoms with Crippen molar-refractivity contribution in [2.75, 3.05) is 13.7 Å². The summed E-state index contributed by atoms with van der Waals surface area (Å²) in [4.78, 5) is 20.6. The second-order valence-corrected chi connectivity index (χ2v) is 9.41. The number of phosphoric acid groups is 1. The van der Waals surface area contributed by atoms with E-state index < -0.39 is 20.0 Å². The first-order chi connectivity index (χ1) is 13.8. The van der Waals surface area contributed by atoms with Crippen LogP contribution in [0.3, 0.4) is 0 Å². The topological polar surface area (TPSA) is 105 Å². The number of rotatable bonds is 20. The number of carbonyl (C=O) groups excluding carboxylic acids is 1. The van der Waals surface area contributed by atoms with Crippen molar-refractivity contribution in [3.8, 4) is 0 Å². The molecule has 0 saturated carbocycles. The van der Waals surface area contributed by atoms with E-state index in [-0.39, 0.29) is 12.5 Å². The van der Waals surface area contributed by atoms with Gasteiger partial charge in [0.15, 0.2) is 0 Å². The van der Waals surface area contributed by atoms with E-state index in [0.29, 0.717) is 6.42 Å². The predicted octanol–water partition coefficient (Wildman–Crippen LogP) is 5.10. The van der Waals surface area contributed by atoms with Gasteiger partial charge in [-0.05, 0) is 6.42 Å². The molecule has 174 valence electrons. The Bertz CT molecular complexity index is 449. The van der Waals surface area contributed by atoms with Crippen molar-refractivity contribution in [3.63, 3.8) is 0 Å². The largest absolute Gasteiger partial charge is 0.471 e. The zero-order valence-corrected chi connectivity index (χ0v) is 19.6. The van der Waals surface area contributed by atoms with Crippen LogP contribution >= 0.6 is 7.82 Å². The fraction of sp³-hybridized carbons (Fsp3) is 0.952. The first-order valence-corrected chi connectivity index (χ1v) is 12.8. The van der Waals surface area contributed by atoms with Crippen LogP contribution in [-0.4, -0.2) is 41.8 Å². The summed E-state index contributed by atoms with van der Waals surface area (Å²) in [5.41, 5.74) is 0. The molecule has 29 heavy (non-hydrogen) atoms. The molecular formula is C21H44NO6P. The number of unbranched alkanes of at least 4 members (excludes halogenated alkanes) is 12. The molecule has 7 nitrogen and oxygen atoms in total. The molecule has 0 aliphatic rings. The maximum atomic E-state index is 11.4. The molecule has 0 saturated heterocycles. The third kappa shape index (κ3) is 18.1. The molecule has 0 aromatic rings. The molecule has 0 aromatic carbocycles. The summed E-state index contributed by atoms with van der Waals surface area (Å²) in [6, 6.07) is -0.736. The quantitative estimate of drug-likeness (QED) is 0.181. The number of hydrogen-bond acceptors (Lipinski definition) is 5. The average molecular weight is 438 g/mol. The number of hydrogen-bond donors (Lipinski definition) is 3. The Morgan fingerprint density at radius 2 is 1.38 bits per heavy atom. The van der Waals surface area contributed by atoms with Crippen molar-refractivity contribution >= 4 is 13.7 Å². The lowest BCUT2D eigenvalue weighted by molar-refractivity contribution is -0.121. The smallest absolute Gasteiger partial charge is 0.391 e. The van der Waals surface area contributed by atoms with Crippen molar-refractivity contribution in [3.05, 3.63) is 0 Å².